The van der Waals surface area contributed by atoms with Gasteiger partial charge in [0.05, 0.1) is 0 Å². The van der Waals surface area contributed by atoms with Crippen molar-refractivity contribution in [2.75, 3.05) is 0 Å². The molecule has 0 N–H and O–H groups in total. The first-order chi connectivity index (χ1) is 10.4. The Morgan fingerprint density at radius 3 is 1.81 bits per heavy atom. The van der Waals surface area contributed by atoms with Crippen LogP contribution in [0.15, 0.2) is 84.9 Å². The molecule has 3 aromatic carbocycles. The van der Waals surface area contributed by atoms with Crippen LogP contribution in [0.25, 0.3) is 30.9 Å². The summed E-state index contributed by atoms with van der Waals surface area (Å²) in [6, 6.07) is 30.4. The molecule has 0 saturated carbocycles. The fourth-order valence-electron chi connectivity index (χ4n) is 2.53. The lowest BCUT2D eigenvalue weighted by Crippen LogP contribution is -1.69. The SMILES string of the molecule is c1ccc2c3ccc(ccc4ccc(cc4)sc2c1)cc3. The van der Waals surface area contributed by atoms with E-state index in [0.29, 0.717) is 0 Å². The number of rotatable bonds is 0. The molecule has 4 heterocycles. The van der Waals surface area contributed by atoms with Crippen LogP contribution in [0.3, 0.4) is 0 Å². The van der Waals surface area contributed by atoms with Gasteiger partial charge in [-0.25, -0.2) is 0 Å². The molecule has 0 saturated heterocycles. The van der Waals surface area contributed by atoms with Crippen LogP contribution in [0.4, 0.5) is 0 Å². The molecule has 4 bridgehead atoms. The van der Waals surface area contributed by atoms with E-state index < -0.39 is 0 Å². The minimum absolute atomic E-state index is 1.23. The van der Waals surface area contributed by atoms with Gasteiger partial charge in [-0.05, 0) is 39.7 Å². The van der Waals surface area contributed by atoms with Crippen molar-refractivity contribution in [3.63, 3.8) is 0 Å². The number of benzene rings is 3. The molecule has 0 aliphatic rings. The summed E-state index contributed by atoms with van der Waals surface area (Å²) in [5.74, 6) is 0. The van der Waals surface area contributed by atoms with Gasteiger partial charge in [0.1, 0.15) is 0 Å². The summed E-state index contributed by atoms with van der Waals surface area (Å²) in [5.41, 5.74) is 0. The van der Waals surface area contributed by atoms with Crippen LogP contribution in [-0.4, -0.2) is 0 Å². The first-order valence-corrected chi connectivity index (χ1v) is 7.86. The third-order valence-electron chi connectivity index (χ3n) is 3.68. The molecule has 0 atom stereocenters. The Balaban J connectivity index is 2.26. The molecule has 21 heavy (non-hydrogen) atoms. The summed E-state index contributed by atoms with van der Waals surface area (Å²) in [4.78, 5) is 0. The largest absolute Gasteiger partial charge is 0.136 e. The van der Waals surface area contributed by atoms with Crippen molar-refractivity contribution < 1.29 is 0 Å². The molecule has 4 aromatic heterocycles. The second kappa shape index (κ2) is 5.19. The second-order valence-corrected chi connectivity index (χ2v) is 6.24. The topological polar surface area (TPSA) is 0 Å². The van der Waals surface area contributed by atoms with E-state index in [1.807, 2.05) is 11.3 Å². The molecule has 0 aliphatic carbocycles. The van der Waals surface area contributed by atoms with E-state index in [2.05, 4.69) is 84.9 Å². The van der Waals surface area contributed by atoms with Crippen molar-refractivity contribution in [3.8, 4) is 0 Å². The van der Waals surface area contributed by atoms with Crippen molar-refractivity contribution in [1.82, 2.24) is 0 Å². The van der Waals surface area contributed by atoms with Crippen LogP contribution in [0, 0.1) is 0 Å². The first kappa shape index (κ1) is 12.4. The number of hydrogen-bond donors (Lipinski definition) is 0. The zero-order chi connectivity index (χ0) is 14.1. The molecule has 0 aliphatic heterocycles. The van der Waals surface area contributed by atoms with Crippen molar-refractivity contribution in [2.24, 2.45) is 0 Å². The van der Waals surface area contributed by atoms with E-state index in [9.17, 15) is 0 Å². The highest BCUT2D eigenvalue weighted by atomic mass is 32.1. The Bertz CT molecular complexity index is 953. The molecule has 0 spiro atoms. The van der Waals surface area contributed by atoms with E-state index >= 15 is 0 Å². The molecular weight excluding hydrogens is 272 g/mol. The Morgan fingerprint density at radius 1 is 0.524 bits per heavy atom. The molecule has 7 rings (SSSR count). The Morgan fingerprint density at radius 2 is 1.10 bits per heavy atom. The molecule has 0 radical (unpaired) electrons. The van der Waals surface area contributed by atoms with Crippen LogP contribution < -0.4 is 0 Å². The first-order valence-electron chi connectivity index (χ1n) is 7.04. The average molecular weight is 286 g/mol. The van der Waals surface area contributed by atoms with E-state index in [4.69, 9.17) is 0 Å². The molecule has 100 valence electrons. The Hall–Kier alpha value is -2.38. The quantitative estimate of drug-likeness (QED) is 0.354. The van der Waals surface area contributed by atoms with E-state index in [0.717, 1.165) is 0 Å². The third-order valence-corrected chi connectivity index (χ3v) is 4.77. The molecule has 0 unspecified atom stereocenters. The standard InChI is InChI=1S/C20H14S/c1-2-4-20-19(3-1)17-11-7-15(8-12-17)5-6-16-9-13-18(21-20)14-10-16/h1-14H. The lowest BCUT2D eigenvalue weighted by molar-refractivity contribution is 1.80. The maximum absolute atomic E-state index is 2.20. The zero-order valence-electron chi connectivity index (χ0n) is 11.5. The van der Waals surface area contributed by atoms with Gasteiger partial charge in [-0.15, -0.1) is 11.3 Å². The smallest absolute Gasteiger partial charge is 0.0354 e. The van der Waals surface area contributed by atoms with Gasteiger partial charge in [-0.2, -0.15) is 0 Å². The maximum Gasteiger partial charge on any atom is 0.0354 e. The van der Waals surface area contributed by atoms with Crippen LogP contribution >= 0.6 is 11.3 Å². The van der Waals surface area contributed by atoms with Crippen molar-refractivity contribution >= 4 is 42.3 Å². The van der Waals surface area contributed by atoms with Gasteiger partial charge in [0.25, 0.3) is 0 Å². The average Bonchev–Trinajstić information content (AvgIpc) is 2.58. The molecule has 0 amide bonds. The fourth-order valence-corrected chi connectivity index (χ4v) is 3.50. The highest BCUT2D eigenvalue weighted by Gasteiger charge is 1.94. The Kier molecular flexibility index (Phi) is 3.06. The zero-order valence-corrected chi connectivity index (χ0v) is 12.3. The summed E-state index contributed by atoms with van der Waals surface area (Å²) < 4.78 is 2.57. The predicted octanol–water partition coefficient (Wildman–Crippen LogP) is 6.33. The van der Waals surface area contributed by atoms with Crippen molar-refractivity contribution in [3.05, 3.63) is 84.9 Å². The van der Waals surface area contributed by atoms with Gasteiger partial charge >= 0.3 is 0 Å². The van der Waals surface area contributed by atoms with E-state index in [-0.39, 0.29) is 0 Å². The van der Waals surface area contributed by atoms with Gasteiger partial charge in [-0.3, -0.25) is 0 Å². The summed E-state index contributed by atoms with van der Waals surface area (Å²) >= 11 is 1.82. The van der Waals surface area contributed by atoms with E-state index in [1.54, 1.807) is 0 Å². The van der Waals surface area contributed by atoms with Crippen molar-refractivity contribution in [2.45, 2.75) is 0 Å². The molecule has 0 nitrogen and oxygen atoms in total. The highest BCUT2D eigenvalue weighted by molar-refractivity contribution is 7.23. The predicted molar refractivity (Wildman–Crippen MR) is 94.5 cm³/mol. The summed E-state index contributed by atoms with van der Waals surface area (Å²) in [6.45, 7) is 0. The fraction of sp³-hybridized carbons (Fsp3) is 0. The Labute approximate surface area is 127 Å². The van der Waals surface area contributed by atoms with Gasteiger partial charge in [-0.1, -0.05) is 66.7 Å². The second-order valence-electron chi connectivity index (χ2n) is 5.12. The van der Waals surface area contributed by atoms with Gasteiger partial charge in [0.2, 0.25) is 0 Å². The monoisotopic (exact) mass is 286 g/mol. The van der Waals surface area contributed by atoms with Crippen LogP contribution in [-0.2, 0) is 0 Å². The van der Waals surface area contributed by atoms with Crippen LogP contribution in [0.5, 0.6) is 0 Å². The van der Waals surface area contributed by atoms with Crippen LogP contribution in [0.2, 0.25) is 0 Å². The highest BCUT2D eigenvalue weighted by Crippen LogP contribution is 2.24. The minimum Gasteiger partial charge on any atom is -0.136 e. The molecule has 1 heteroatoms. The molecule has 7 aromatic rings. The molecular formula is C20H14S. The summed E-state index contributed by atoms with van der Waals surface area (Å²) in [5, 5.41) is 5.02. The van der Waals surface area contributed by atoms with Gasteiger partial charge in [0, 0.05) is 9.40 Å². The number of hydrogen-bond acceptors (Lipinski definition) is 1. The summed E-state index contributed by atoms with van der Waals surface area (Å²) in [6.07, 6.45) is 0. The van der Waals surface area contributed by atoms with Gasteiger partial charge < -0.3 is 0 Å². The lowest BCUT2D eigenvalue weighted by atomic mass is 10.1. The third kappa shape index (κ3) is 2.48. The van der Waals surface area contributed by atoms with Gasteiger partial charge in [0.15, 0.2) is 0 Å². The summed E-state index contributed by atoms with van der Waals surface area (Å²) in [7, 11) is 0. The lowest BCUT2D eigenvalue weighted by Gasteiger charge is -1.96. The maximum atomic E-state index is 2.20. The van der Waals surface area contributed by atoms with Crippen molar-refractivity contribution in [1.29, 1.82) is 0 Å². The van der Waals surface area contributed by atoms with Crippen LogP contribution in [0.1, 0.15) is 0 Å². The van der Waals surface area contributed by atoms with E-state index in [1.165, 1.54) is 30.9 Å². The minimum atomic E-state index is 1.23. The molecule has 0 fully saturated rings. The normalized spacial score (nSPS) is 10.9.